The Hall–Kier alpha value is -2.51. The molecule has 0 amide bonds. The lowest BCUT2D eigenvalue weighted by Gasteiger charge is -2.15. The van der Waals surface area contributed by atoms with Gasteiger partial charge in [-0.15, -0.1) is 0 Å². The maximum Gasteiger partial charge on any atom is 0.416 e. The number of hydrogen-bond acceptors (Lipinski definition) is 2. The number of methoxy groups -OCH3 is 1. The maximum absolute atomic E-state index is 12.9. The highest BCUT2D eigenvalue weighted by Gasteiger charge is 2.37. The molecule has 0 saturated heterocycles. The van der Waals surface area contributed by atoms with Crippen molar-refractivity contribution < 1.29 is 35.9 Å². The zero-order valence-corrected chi connectivity index (χ0v) is 12.1. The number of benzene rings is 2. The van der Waals surface area contributed by atoms with Crippen LogP contribution in [-0.2, 0) is 12.4 Å². The smallest absolute Gasteiger partial charge is 0.416 e. The first-order chi connectivity index (χ1) is 11.1. The van der Waals surface area contributed by atoms with E-state index in [9.17, 15) is 31.1 Å². The summed E-state index contributed by atoms with van der Waals surface area (Å²) < 4.78 is 82.4. The molecule has 8 heteroatoms. The maximum atomic E-state index is 12.9. The monoisotopic (exact) mass is 348 g/mol. The third-order valence-electron chi connectivity index (χ3n) is 3.29. The number of rotatable bonds is 3. The van der Waals surface area contributed by atoms with E-state index < -0.39 is 23.5 Å². The van der Waals surface area contributed by atoms with E-state index in [0.29, 0.717) is 18.4 Å². The Morgan fingerprint density at radius 2 is 1.42 bits per heavy atom. The number of halogens is 6. The topological polar surface area (TPSA) is 26.3 Å². The molecule has 24 heavy (non-hydrogen) atoms. The van der Waals surface area contributed by atoms with Gasteiger partial charge in [-0.2, -0.15) is 26.3 Å². The second-order valence-electron chi connectivity index (χ2n) is 4.87. The van der Waals surface area contributed by atoms with Crippen molar-refractivity contribution in [3.8, 4) is 16.9 Å². The molecule has 0 aromatic heterocycles. The van der Waals surface area contributed by atoms with Crippen molar-refractivity contribution in [3.05, 3.63) is 53.1 Å². The van der Waals surface area contributed by atoms with Crippen LogP contribution in [0.25, 0.3) is 11.1 Å². The fourth-order valence-corrected chi connectivity index (χ4v) is 2.13. The summed E-state index contributed by atoms with van der Waals surface area (Å²) in [6.45, 7) is 0. The van der Waals surface area contributed by atoms with E-state index in [2.05, 4.69) is 0 Å². The van der Waals surface area contributed by atoms with Crippen LogP contribution in [0, 0.1) is 0 Å². The molecule has 2 aromatic rings. The molecule has 0 aliphatic carbocycles. The van der Waals surface area contributed by atoms with Gasteiger partial charge in [0.2, 0.25) is 0 Å². The molecular weight excluding hydrogens is 338 g/mol. The highest BCUT2D eigenvalue weighted by molar-refractivity contribution is 5.88. The van der Waals surface area contributed by atoms with Crippen LogP contribution in [-0.4, -0.2) is 13.4 Å². The molecule has 0 unspecified atom stereocenters. The summed E-state index contributed by atoms with van der Waals surface area (Å²) in [5.41, 5.74) is -3.42. The summed E-state index contributed by atoms with van der Waals surface area (Å²) >= 11 is 0. The highest BCUT2D eigenvalue weighted by Crippen LogP contribution is 2.39. The minimum Gasteiger partial charge on any atom is -0.497 e. The largest absolute Gasteiger partial charge is 0.497 e. The van der Waals surface area contributed by atoms with Crippen molar-refractivity contribution in [3.63, 3.8) is 0 Å². The summed E-state index contributed by atoms with van der Waals surface area (Å²) in [6.07, 6.45) is -9.57. The number of alkyl halides is 6. The van der Waals surface area contributed by atoms with Gasteiger partial charge in [0, 0.05) is 5.56 Å². The van der Waals surface area contributed by atoms with Gasteiger partial charge < -0.3 is 4.74 Å². The van der Waals surface area contributed by atoms with Crippen LogP contribution in [0.1, 0.15) is 21.5 Å². The van der Waals surface area contributed by atoms with Crippen LogP contribution >= 0.6 is 0 Å². The lowest BCUT2D eigenvalue weighted by Crippen LogP contribution is -2.11. The molecule has 0 heterocycles. The second-order valence-corrected chi connectivity index (χ2v) is 4.87. The van der Waals surface area contributed by atoms with Gasteiger partial charge in [0.15, 0.2) is 6.29 Å². The third kappa shape index (κ3) is 3.69. The van der Waals surface area contributed by atoms with E-state index in [4.69, 9.17) is 4.74 Å². The summed E-state index contributed by atoms with van der Waals surface area (Å²) in [4.78, 5) is 11.1. The quantitative estimate of drug-likeness (QED) is 0.562. The minimum atomic E-state index is -4.96. The van der Waals surface area contributed by atoms with Gasteiger partial charge in [0.05, 0.1) is 18.2 Å². The zero-order valence-electron chi connectivity index (χ0n) is 12.1. The van der Waals surface area contributed by atoms with Crippen molar-refractivity contribution in [1.82, 2.24) is 0 Å². The van der Waals surface area contributed by atoms with Gasteiger partial charge in [-0.1, -0.05) is 0 Å². The molecule has 128 valence electrons. The minimum absolute atomic E-state index is 0.0320. The van der Waals surface area contributed by atoms with Crippen molar-refractivity contribution in [2.45, 2.75) is 12.4 Å². The fraction of sp³-hybridized carbons (Fsp3) is 0.188. The summed E-state index contributed by atoms with van der Waals surface area (Å²) in [6, 6.07) is 5.01. The molecule has 2 aromatic carbocycles. The predicted octanol–water partition coefficient (Wildman–Crippen LogP) is 5.21. The molecule has 2 nitrogen and oxygen atoms in total. The van der Waals surface area contributed by atoms with Gasteiger partial charge in [-0.05, 0) is 47.5 Å². The second kappa shape index (κ2) is 6.18. The number of carbonyl (C=O) groups is 1. The third-order valence-corrected chi connectivity index (χ3v) is 3.29. The van der Waals surface area contributed by atoms with Crippen molar-refractivity contribution in [2.75, 3.05) is 7.11 Å². The van der Waals surface area contributed by atoms with E-state index in [0.717, 1.165) is 0 Å². The van der Waals surface area contributed by atoms with Gasteiger partial charge in [0.1, 0.15) is 5.75 Å². The molecule has 0 aliphatic rings. The van der Waals surface area contributed by atoms with Crippen LogP contribution in [0.5, 0.6) is 5.75 Å². The first-order valence-corrected chi connectivity index (χ1v) is 6.49. The molecule has 0 bridgehead atoms. The van der Waals surface area contributed by atoms with Gasteiger partial charge in [0.25, 0.3) is 0 Å². The molecule has 0 spiro atoms. The van der Waals surface area contributed by atoms with Crippen LogP contribution in [0.15, 0.2) is 36.4 Å². The first-order valence-electron chi connectivity index (χ1n) is 6.49. The highest BCUT2D eigenvalue weighted by atomic mass is 19.4. The van der Waals surface area contributed by atoms with E-state index in [1.54, 1.807) is 0 Å². The molecule has 0 saturated carbocycles. The fourth-order valence-electron chi connectivity index (χ4n) is 2.13. The standard InChI is InChI=1S/C16H10F6O2/c1-24-13-3-2-9(8-23)14(7-13)10-4-11(15(17,18)19)6-12(5-10)16(20,21)22/h2-8H,1H3. The molecule has 0 fully saturated rings. The Morgan fingerprint density at radius 3 is 1.83 bits per heavy atom. The first kappa shape index (κ1) is 17.8. The summed E-state index contributed by atoms with van der Waals surface area (Å²) in [5, 5.41) is 0. The van der Waals surface area contributed by atoms with Gasteiger partial charge in [-0.25, -0.2) is 0 Å². The van der Waals surface area contributed by atoms with Gasteiger partial charge >= 0.3 is 12.4 Å². The van der Waals surface area contributed by atoms with E-state index in [1.807, 2.05) is 0 Å². The Balaban J connectivity index is 2.77. The molecule has 0 N–H and O–H groups in total. The average Bonchev–Trinajstić information content (AvgIpc) is 2.52. The van der Waals surface area contributed by atoms with Gasteiger partial charge in [-0.3, -0.25) is 4.79 Å². The van der Waals surface area contributed by atoms with E-state index >= 15 is 0 Å². The lowest BCUT2D eigenvalue weighted by molar-refractivity contribution is -0.143. The Labute approximate surface area is 132 Å². The summed E-state index contributed by atoms with van der Waals surface area (Å²) in [7, 11) is 1.28. The van der Waals surface area contributed by atoms with E-state index in [1.165, 1.54) is 25.3 Å². The molecule has 0 aliphatic heterocycles. The molecule has 0 atom stereocenters. The predicted molar refractivity (Wildman–Crippen MR) is 73.8 cm³/mol. The summed E-state index contributed by atoms with van der Waals surface area (Å²) in [5.74, 6) is 0.196. The van der Waals surface area contributed by atoms with Crippen LogP contribution in [0.4, 0.5) is 26.3 Å². The van der Waals surface area contributed by atoms with E-state index in [-0.39, 0.29) is 28.5 Å². The van der Waals surface area contributed by atoms with Crippen molar-refractivity contribution in [1.29, 1.82) is 0 Å². The number of aldehydes is 1. The van der Waals surface area contributed by atoms with Crippen molar-refractivity contribution >= 4 is 6.29 Å². The molecule has 2 rings (SSSR count). The Kier molecular flexibility index (Phi) is 4.59. The number of hydrogen-bond donors (Lipinski definition) is 0. The zero-order chi connectivity index (χ0) is 18.1. The number of carbonyl (C=O) groups excluding carboxylic acids is 1. The van der Waals surface area contributed by atoms with Crippen LogP contribution in [0.2, 0.25) is 0 Å². The Morgan fingerprint density at radius 1 is 0.875 bits per heavy atom. The van der Waals surface area contributed by atoms with Crippen LogP contribution < -0.4 is 4.74 Å². The lowest BCUT2D eigenvalue weighted by atomic mass is 9.95. The van der Waals surface area contributed by atoms with Crippen molar-refractivity contribution in [2.24, 2.45) is 0 Å². The Bertz CT molecular complexity index is 730. The SMILES string of the molecule is COc1ccc(C=O)c(-c2cc(C(F)(F)F)cc(C(F)(F)F)c2)c1. The number of ether oxygens (including phenoxy) is 1. The average molecular weight is 348 g/mol. The van der Waals surface area contributed by atoms with Crippen LogP contribution in [0.3, 0.4) is 0 Å². The molecule has 0 radical (unpaired) electrons. The molecular formula is C16H10F6O2. The normalized spacial score (nSPS) is 12.1.